The number of rotatable bonds is 3. The highest BCUT2D eigenvalue weighted by Crippen LogP contribution is 2.34. The summed E-state index contributed by atoms with van der Waals surface area (Å²) in [6.45, 7) is 6.55. The minimum atomic E-state index is -0.231. The minimum Gasteiger partial charge on any atom is -0.341 e. The normalized spacial score (nSPS) is 11.5. The maximum Gasteiger partial charge on any atom is 0.256 e. The van der Waals surface area contributed by atoms with Gasteiger partial charge in [0.05, 0.1) is 4.51 Å². The van der Waals surface area contributed by atoms with Gasteiger partial charge in [0.1, 0.15) is 5.82 Å². The fourth-order valence-electron chi connectivity index (χ4n) is 3.53. The monoisotopic (exact) mass is 446 g/mol. The molecule has 0 aliphatic rings. The van der Waals surface area contributed by atoms with Gasteiger partial charge in [0.2, 0.25) is 0 Å². The van der Waals surface area contributed by atoms with E-state index in [9.17, 15) is 4.79 Å². The first kappa shape index (κ1) is 21.3. The number of hydrogen-bond acceptors (Lipinski definition) is 2. The number of aromatic amines is 1. The van der Waals surface area contributed by atoms with Crippen molar-refractivity contribution in [1.29, 1.82) is 0 Å². The molecular formula is C26H23ClN2OS. The lowest BCUT2D eigenvalue weighted by molar-refractivity contribution is 0.102. The molecule has 3 nitrogen and oxygen atoms in total. The van der Waals surface area contributed by atoms with Crippen molar-refractivity contribution in [3.8, 4) is 11.1 Å². The molecule has 0 aliphatic heterocycles. The van der Waals surface area contributed by atoms with E-state index in [2.05, 4.69) is 55.3 Å². The number of amides is 1. The molecule has 0 atom stereocenters. The van der Waals surface area contributed by atoms with E-state index in [0.717, 1.165) is 22.0 Å². The van der Waals surface area contributed by atoms with Gasteiger partial charge in [0, 0.05) is 27.1 Å². The van der Waals surface area contributed by atoms with Crippen molar-refractivity contribution in [3.63, 3.8) is 0 Å². The van der Waals surface area contributed by atoms with Gasteiger partial charge in [0.25, 0.3) is 5.91 Å². The maximum absolute atomic E-state index is 12.9. The first-order chi connectivity index (χ1) is 14.7. The molecule has 1 heterocycles. The molecule has 0 saturated heterocycles. The number of hydrogen-bond donors (Lipinski definition) is 2. The Morgan fingerprint density at radius 1 is 0.935 bits per heavy atom. The van der Waals surface area contributed by atoms with Crippen molar-refractivity contribution in [2.24, 2.45) is 0 Å². The van der Waals surface area contributed by atoms with E-state index in [0.29, 0.717) is 20.9 Å². The van der Waals surface area contributed by atoms with Crippen LogP contribution in [0.1, 0.15) is 36.7 Å². The summed E-state index contributed by atoms with van der Waals surface area (Å²) in [5.41, 5.74) is 4.43. The van der Waals surface area contributed by atoms with Crippen molar-refractivity contribution < 1.29 is 4.79 Å². The highest BCUT2D eigenvalue weighted by Gasteiger charge is 2.17. The van der Waals surface area contributed by atoms with Gasteiger partial charge in [-0.1, -0.05) is 87.1 Å². The summed E-state index contributed by atoms with van der Waals surface area (Å²) in [7, 11) is 0. The predicted molar refractivity (Wildman–Crippen MR) is 133 cm³/mol. The van der Waals surface area contributed by atoms with Crippen molar-refractivity contribution in [1.82, 2.24) is 4.98 Å². The topological polar surface area (TPSA) is 44.9 Å². The molecule has 0 fully saturated rings. The fourth-order valence-corrected chi connectivity index (χ4v) is 4.05. The van der Waals surface area contributed by atoms with Gasteiger partial charge in [-0.3, -0.25) is 4.79 Å². The molecule has 0 radical (unpaired) electrons. The van der Waals surface area contributed by atoms with E-state index in [-0.39, 0.29) is 11.3 Å². The number of aromatic nitrogens is 1. The SMILES string of the molecule is CC(C)(C)c1ccc(-c2c(NC(=O)c3ccc(Cl)cc3)[nH]c3ccccc3c2=S)cc1. The van der Waals surface area contributed by atoms with Crippen LogP contribution in [0.2, 0.25) is 5.02 Å². The van der Waals surface area contributed by atoms with Crippen LogP contribution in [0.3, 0.4) is 0 Å². The van der Waals surface area contributed by atoms with Gasteiger partial charge in [-0.15, -0.1) is 0 Å². The predicted octanol–water partition coefficient (Wildman–Crippen LogP) is 7.77. The number of pyridine rings is 1. The number of carbonyl (C=O) groups is 1. The summed E-state index contributed by atoms with van der Waals surface area (Å²) in [5.74, 6) is 0.345. The average Bonchev–Trinajstić information content (AvgIpc) is 2.74. The lowest BCUT2D eigenvalue weighted by atomic mass is 9.86. The number of fused-ring (bicyclic) bond motifs is 1. The van der Waals surface area contributed by atoms with Crippen LogP contribution in [-0.4, -0.2) is 10.9 Å². The molecule has 0 bridgehead atoms. The molecule has 3 aromatic carbocycles. The molecule has 1 aromatic heterocycles. The Kier molecular flexibility index (Phi) is 5.69. The molecule has 4 rings (SSSR count). The number of para-hydroxylation sites is 1. The van der Waals surface area contributed by atoms with Crippen LogP contribution in [0.15, 0.2) is 72.8 Å². The lowest BCUT2D eigenvalue weighted by Crippen LogP contribution is -2.14. The van der Waals surface area contributed by atoms with Crippen LogP contribution in [0.5, 0.6) is 0 Å². The van der Waals surface area contributed by atoms with Crippen LogP contribution < -0.4 is 5.32 Å². The Morgan fingerprint density at radius 3 is 2.23 bits per heavy atom. The van der Waals surface area contributed by atoms with E-state index in [1.54, 1.807) is 24.3 Å². The zero-order chi connectivity index (χ0) is 22.2. The third-order valence-corrected chi connectivity index (χ3v) is 5.97. The Hall–Kier alpha value is -2.95. The van der Waals surface area contributed by atoms with Crippen molar-refractivity contribution in [3.05, 3.63) is 93.5 Å². The Bertz CT molecular complexity index is 1320. The smallest absolute Gasteiger partial charge is 0.256 e. The summed E-state index contributed by atoms with van der Waals surface area (Å²) in [4.78, 5) is 16.3. The van der Waals surface area contributed by atoms with Gasteiger partial charge in [-0.2, -0.15) is 0 Å². The lowest BCUT2D eigenvalue weighted by Gasteiger charge is -2.20. The van der Waals surface area contributed by atoms with Crippen molar-refractivity contribution in [2.75, 3.05) is 5.32 Å². The Balaban J connectivity index is 1.85. The molecule has 0 saturated carbocycles. The van der Waals surface area contributed by atoms with Crippen LogP contribution in [0.4, 0.5) is 5.82 Å². The Morgan fingerprint density at radius 2 is 1.58 bits per heavy atom. The minimum absolute atomic E-state index is 0.0520. The third-order valence-electron chi connectivity index (χ3n) is 5.29. The molecule has 2 N–H and O–H groups in total. The van der Waals surface area contributed by atoms with E-state index < -0.39 is 0 Å². The molecule has 4 aromatic rings. The first-order valence-corrected chi connectivity index (χ1v) is 10.9. The second kappa shape index (κ2) is 8.29. The average molecular weight is 447 g/mol. The quantitative estimate of drug-likeness (QED) is 0.316. The number of carbonyl (C=O) groups excluding carboxylic acids is 1. The summed E-state index contributed by atoms with van der Waals surface area (Å²) < 4.78 is 0.698. The number of halogens is 1. The van der Waals surface area contributed by atoms with Gasteiger partial charge < -0.3 is 10.3 Å². The largest absolute Gasteiger partial charge is 0.341 e. The molecule has 0 spiro atoms. The Labute approximate surface area is 192 Å². The molecule has 31 heavy (non-hydrogen) atoms. The number of H-pyrrole nitrogens is 1. The van der Waals surface area contributed by atoms with E-state index >= 15 is 0 Å². The summed E-state index contributed by atoms with van der Waals surface area (Å²) >= 11 is 11.8. The molecule has 156 valence electrons. The van der Waals surface area contributed by atoms with Crippen molar-refractivity contribution >= 4 is 46.4 Å². The molecule has 1 amide bonds. The van der Waals surface area contributed by atoms with Crippen LogP contribution >= 0.6 is 23.8 Å². The van der Waals surface area contributed by atoms with E-state index in [1.165, 1.54) is 5.56 Å². The second-order valence-corrected chi connectivity index (χ2v) is 9.38. The van der Waals surface area contributed by atoms with Crippen LogP contribution in [0, 0.1) is 4.51 Å². The third kappa shape index (κ3) is 4.41. The first-order valence-electron chi connectivity index (χ1n) is 10.1. The molecule has 0 aliphatic carbocycles. The standard InChI is InChI=1S/C26H23ClN2OS/c1-26(2,3)18-12-8-16(9-13-18)22-23(31)20-6-4-5-7-21(20)28-24(22)29-25(30)17-10-14-19(27)15-11-17/h4-15H,1-3H3,(H2,28,29,30,31). The molecular weight excluding hydrogens is 424 g/mol. The second-order valence-electron chi connectivity index (χ2n) is 8.54. The number of benzene rings is 3. The van der Waals surface area contributed by atoms with Crippen molar-refractivity contribution in [2.45, 2.75) is 26.2 Å². The molecule has 0 unspecified atom stereocenters. The summed E-state index contributed by atoms with van der Waals surface area (Å²) in [5, 5.41) is 4.54. The van der Waals surface area contributed by atoms with E-state index in [1.807, 2.05) is 24.3 Å². The number of nitrogens with one attached hydrogen (secondary N) is 2. The number of anilines is 1. The zero-order valence-corrected chi connectivity index (χ0v) is 19.2. The zero-order valence-electron chi connectivity index (χ0n) is 17.6. The highest BCUT2D eigenvalue weighted by atomic mass is 35.5. The van der Waals surface area contributed by atoms with Crippen LogP contribution in [0.25, 0.3) is 22.0 Å². The van der Waals surface area contributed by atoms with Gasteiger partial charge >= 0.3 is 0 Å². The highest BCUT2D eigenvalue weighted by molar-refractivity contribution is 7.71. The van der Waals surface area contributed by atoms with Gasteiger partial charge in [-0.25, -0.2) is 0 Å². The summed E-state index contributed by atoms with van der Waals surface area (Å²) in [6, 6.07) is 23.0. The van der Waals surface area contributed by atoms with Crippen LogP contribution in [-0.2, 0) is 5.41 Å². The fraction of sp³-hybridized carbons (Fsp3) is 0.154. The summed E-state index contributed by atoms with van der Waals surface area (Å²) in [6.07, 6.45) is 0. The van der Waals surface area contributed by atoms with E-state index in [4.69, 9.17) is 23.8 Å². The van der Waals surface area contributed by atoms with Gasteiger partial charge in [0.15, 0.2) is 0 Å². The maximum atomic E-state index is 12.9. The van der Waals surface area contributed by atoms with Gasteiger partial charge in [-0.05, 0) is 46.9 Å². The molecule has 5 heteroatoms.